The third kappa shape index (κ3) is 6.66. The van der Waals surface area contributed by atoms with Gasteiger partial charge in [0.1, 0.15) is 11.4 Å². The van der Waals surface area contributed by atoms with Gasteiger partial charge in [0.15, 0.2) is 0 Å². The molecule has 1 rings (SSSR count). The second kappa shape index (κ2) is 8.24. The van der Waals surface area contributed by atoms with E-state index >= 15 is 0 Å². The highest BCUT2D eigenvalue weighted by molar-refractivity contribution is 7.94. The standard InChI is InChI=1S/C17H23NO6S/c1-12(19)10-11-25(22,18-16(21)24-17(2,3)4)14-8-6-13(7-9-14)15(20)23-5/h6-9H,10-11H2,1-5H3. The summed E-state index contributed by atoms with van der Waals surface area (Å²) in [5.74, 6) is -0.816. The Balaban J connectivity index is 3.27. The summed E-state index contributed by atoms with van der Waals surface area (Å²) < 4.78 is 26.6. The Kier molecular flexibility index (Phi) is 6.87. The van der Waals surface area contributed by atoms with Gasteiger partial charge < -0.3 is 9.47 Å². The van der Waals surface area contributed by atoms with Gasteiger partial charge in [-0.25, -0.2) is 13.8 Å². The van der Waals surface area contributed by atoms with Crippen LogP contribution in [0.2, 0.25) is 0 Å². The van der Waals surface area contributed by atoms with E-state index in [2.05, 4.69) is 9.10 Å². The van der Waals surface area contributed by atoms with Crippen LogP contribution in [-0.4, -0.2) is 40.5 Å². The molecule has 0 heterocycles. The molecule has 25 heavy (non-hydrogen) atoms. The van der Waals surface area contributed by atoms with Crippen LogP contribution in [0.4, 0.5) is 4.79 Å². The Morgan fingerprint density at radius 3 is 2.12 bits per heavy atom. The molecule has 1 unspecified atom stereocenters. The Hall–Kier alpha value is -2.22. The summed E-state index contributed by atoms with van der Waals surface area (Å²) in [4.78, 5) is 35.0. The minimum absolute atomic E-state index is 0.00385. The third-order valence-electron chi connectivity index (χ3n) is 2.99. The molecule has 0 radical (unpaired) electrons. The number of carbonyl (C=O) groups excluding carboxylic acids is 3. The predicted molar refractivity (Wildman–Crippen MR) is 93.0 cm³/mol. The molecule has 1 amide bonds. The van der Waals surface area contributed by atoms with E-state index in [1.807, 2.05) is 0 Å². The zero-order valence-electron chi connectivity index (χ0n) is 15.0. The van der Waals surface area contributed by atoms with Gasteiger partial charge in [0.05, 0.1) is 22.4 Å². The lowest BCUT2D eigenvalue weighted by Crippen LogP contribution is -2.23. The van der Waals surface area contributed by atoms with E-state index < -0.39 is 27.4 Å². The van der Waals surface area contributed by atoms with E-state index in [1.54, 1.807) is 20.8 Å². The van der Waals surface area contributed by atoms with Gasteiger partial charge in [-0.2, -0.15) is 0 Å². The summed E-state index contributed by atoms with van der Waals surface area (Å²) in [5, 5.41) is 0. The van der Waals surface area contributed by atoms with Crippen molar-refractivity contribution in [3.8, 4) is 0 Å². The normalized spacial score (nSPS) is 13.5. The molecule has 1 atom stereocenters. The van der Waals surface area contributed by atoms with Crippen molar-refractivity contribution < 1.29 is 28.1 Å². The smallest absolute Gasteiger partial charge is 0.442 e. The largest absolute Gasteiger partial charge is 0.465 e. The summed E-state index contributed by atoms with van der Waals surface area (Å²) in [6.45, 7) is 6.38. The van der Waals surface area contributed by atoms with E-state index in [0.717, 1.165) is 0 Å². The number of methoxy groups -OCH3 is 1. The first kappa shape index (κ1) is 20.8. The fourth-order valence-corrected chi connectivity index (χ4v) is 3.66. The van der Waals surface area contributed by atoms with Crippen LogP contribution in [0.1, 0.15) is 44.5 Å². The second-order valence-electron chi connectivity index (χ2n) is 6.38. The molecule has 0 N–H and O–H groups in total. The molecule has 0 aliphatic rings. The van der Waals surface area contributed by atoms with Crippen LogP contribution in [0.3, 0.4) is 0 Å². The van der Waals surface area contributed by atoms with Crippen molar-refractivity contribution in [2.45, 2.75) is 44.6 Å². The number of esters is 1. The number of benzene rings is 1. The minimum atomic E-state index is -3.21. The van der Waals surface area contributed by atoms with Crippen LogP contribution in [-0.2, 0) is 24.0 Å². The number of Topliss-reactive ketones (excluding diaryl/α,β-unsaturated/α-hetero) is 1. The monoisotopic (exact) mass is 369 g/mol. The van der Waals surface area contributed by atoms with Crippen LogP contribution >= 0.6 is 0 Å². The van der Waals surface area contributed by atoms with Gasteiger partial charge >= 0.3 is 12.1 Å². The van der Waals surface area contributed by atoms with E-state index in [-0.39, 0.29) is 28.4 Å². The molecular formula is C17H23NO6S. The number of ketones is 1. The van der Waals surface area contributed by atoms with Crippen molar-refractivity contribution >= 4 is 27.6 Å². The van der Waals surface area contributed by atoms with Gasteiger partial charge in [-0.05, 0) is 52.0 Å². The van der Waals surface area contributed by atoms with Crippen LogP contribution in [0.5, 0.6) is 0 Å². The van der Waals surface area contributed by atoms with E-state index in [0.29, 0.717) is 0 Å². The molecule has 8 heteroatoms. The lowest BCUT2D eigenvalue weighted by Gasteiger charge is -2.18. The maximum absolute atomic E-state index is 13.2. The van der Waals surface area contributed by atoms with Crippen LogP contribution < -0.4 is 0 Å². The summed E-state index contributed by atoms with van der Waals surface area (Å²) in [6.07, 6.45) is -0.956. The summed E-state index contributed by atoms with van der Waals surface area (Å²) in [6, 6.07) is 5.73. The molecule has 0 aliphatic heterocycles. The Labute approximate surface area is 147 Å². The van der Waals surface area contributed by atoms with Crippen molar-refractivity contribution in [1.29, 1.82) is 0 Å². The summed E-state index contributed by atoms with van der Waals surface area (Å²) >= 11 is 0. The van der Waals surface area contributed by atoms with E-state index in [4.69, 9.17) is 4.74 Å². The number of carbonyl (C=O) groups is 3. The fraction of sp³-hybridized carbons (Fsp3) is 0.471. The SMILES string of the molecule is COC(=O)c1ccc(S(=O)(CCC(C)=O)=NC(=O)OC(C)(C)C)cc1. The number of rotatable bonds is 5. The zero-order chi connectivity index (χ0) is 19.3. The molecule has 7 nitrogen and oxygen atoms in total. The average Bonchev–Trinajstić information content (AvgIpc) is 2.50. The maximum Gasteiger partial charge on any atom is 0.442 e. The molecule has 1 aromatic carbocycles. The van der Waals surface area contributed by atoms with Gasteiger partial charge in [0.2, 0.25) is 0 Å². The number of amides is 1. The maximum atomic E-state index is 13.2. The molecule has 1 aromatic rings. The summed E-state index contributed by atoms with van der Waals surface area (Å²) in [5.41, 5.74) is -0.507. The molecule has 0 spiro atoms. The van der Waals surface area contributed by atoms with E-state index in [9.17, 15) is 18.6 Å². The molecule has 0 bridgehead atoms. The lowest BCUT2D eigenvalue weighted by atomic mass is 10.2. The molecule has 0 saturated heterocycles. The first-order valence-electron chi connectivity index (χ1n) is 7.62. The predicted octanol–water partition coefficient (Wildman–Crippen LogP) is 3.21. The van der Waals surface area contributed by atoms with E-state index in [1.165, 1.54) is 38.3 Å². The molecule has 0 fully saturated rings. The Morgan fingerprint density at radius 1 is 1.12 bits per heavy atom. The molecule has 0 aliphatic carbocycles. The highest BCUT2D eigenvalue weighted by Crippen LogP contribution is 2.19. The van der Waals surface area contributed by atoms with Crippen molar-refractivity contribution in [3.63, 3.8) is 0 Å². The molecular weight excluding hydrogens is 346 g/mol. The highest BCUT2D eigenvalue weighted by Gasteiger charge is 2.21. The van der Waals surface area contributed by atoms with Gasteiger partial charge in [-0.1, -0.05) is 0 Å². The number of hydrogen-bond donors (Lipinski definition) is 0. The van der Waals surface area contributed by atoms with Crippen LogP contribution in [0.25, 0.3) is 0 Å². The minimum Gasteiger partial charge on any atom is -0.465 e. The number of nitrogens with zero attached hydrogens (tertiary/aromatic N) is 1. The molecule has 0 aromatic heterocycles. The number of ether oxygens (including phenoxy) is 2. The van der Waals surface area contributed by atoms with Crippen LogP contribution in [0.15, 0.2) is 33.5 Å². The topological polar surface area (TPSA) is 99.1 Å². The second-order valence-corrected chi connectivity index (χ2v) is 8.73. The first-order valence-corrected chi connectivity index (χ1v) is 9.31. The van der Waals surface area contributed by atoms with Gasteiger partial charge in [0.25, 0.3) is 0 Å². The van der Waals surface area contributed by atoms with Gasteiger partial charge in [0, 0.05) is 17.1 Å². The van der Waals surface area contributed by atoms with Crippen molar-refractivity contribution in [2.75, 3.05) is 12.9 Å². The van der Waals surface area contributed by atoms with Crippen molar-refractivity contribution in [3.05, 3.63) is 29.8 Å². The fourth-order valence-electron chi connectivity index (χ4n) is 1.82. The number of hydrogen-bond acceptors (Lipinski definition) is 6. The molecule has 0 saturated carbocycles. The molecule has 138 valence electrons. The van der Waals surface area contributed by atoms with Crippen molar-refractivity contribution in [1.82, 2.24) is 0 Å². The van der Waals surface area contributed by atoms with Crippen molar-refractivity contribution in [2.24, 2.45) is 4.36 Å². The third-order valence-corrected chi connectivity index (χ3v) is 5.20. The first-order chi connectivity index (χ1) is 11.5. The highest BCUT2D eigenvalue weighted by atomic mass is 32.2. The lowest BCUT2D eigenvalue weighted by molar-refractivity contribution is -0.116. The van der Waals surface area contributed by atoms with Gasteiger partial charge in [-0.3, -0.25) is 4.79 Å². The zero-order valence-corrected chi connectivity index (χ0v) is 15.8. The quantitative estimate of drug-likeness (QED) is 0.739. The summed E-state index contributed by atoms with van der Waals surface area (Å²) in [7, 11) is -1.95. The Bertz CT molecular complexity index is 767. The van der Waals surface area contributed by atoms with Gasteiger partial charge in [-0.15, -0.1) is 4.36 Å². The average molecular weight is 369 g/mol. The van der Waals surface area contributed by atoms with Crippen LogP contribution in [0, 0.1) is 0 Å². The Morgan fingerprint density at radius 2 is 1.68 bits per heavy atom.